The van der Waals surface area contributed by atoms with Gasteiger partial charge >= 0.3 is 0 Å². The predicted molar refractivity (Wildman–Crippen MR) is 101 cm³/mol. The Labute approximate surface area is 154 Å². The van der Waals surface area contributed by atoms with Crippen LogP contribution in [0.1, 0.15) is 32.7 Å². The smallest absolute Gasteiger partial charge is 0.264 e. The number of rotatable bonds is 4. The van der Waals surface area contributed by atoms with Crippen LogP contribution in [0.5, 0.6) is 0 Å². The summed E-state index contributed by atoms with van der Waals surface area (Å²) < 4.78 is 0. The molecule has 25 heavy (non-hydrogen) atoms. The van der Waals surface area contributed by atoms with Crippen LogP contribution >= 0.6 is 22.7 Å². The maximum atomic E-state index is 12.7. The lowest BCUT2D eigenvalue weighted by molar-refractivity contribution is 0.0935. The summed E-state index contributed by atoms with van der Waals surface area (Å²) in [5.74, 6) is -0.0803. The maximum absolute atomic E-state index is 12.7. The molecular weight excluding hydrogens is 352 g/mol. The molecule has 3 aromatic rings. The van der Waals surface area contributed by atoms with Crippen molar-refractivity contribution < 1.29 is 4.79 Å². The number of aromatic nitrogens is 1. The van der Waals surface area contributed by atoms with Gasteiger partial charge in [-0.2, -0.15) is 0 Å². The molecule has 3 heterocycles. The molecule has 7 heteroatoms. The average Bonchev–Trinajstić information content (AvgIpc) is 3.35. The third kappa shape index (κ3) is 3.50. The van der Waals surface area contributed by atoms with Crippen LogP contribution < -0.4 is 16.2 Å². The Balaban J connectivity index is 1.44. The zero-order valence-corrected chi connectivity index (χ0v) is 15.3. The normalized spacial score (nSPS) is 19.9. The topological polar surface area (TPSA) is 66.0 Å². The highest BCUT2D eigenvalue weighted by molar-refractivity contribution is 7.17. The lowest BCUT2D eigenvalue weighted by Gasteiger charge is -2.11. The number of hydrogen-bond donors (Lipinski definition) is 3. The summed E-state index contributed by atoms with van der Waals surface area (Å²) in [6.45, 7) is 1.88. The van der Waals surface area contributed by atoms with E-state index in [1.54, 1.807) is 11.3 Å². The Morgan fingerprint density at radius 1 is 1.20 bits per heavy atom. The van der Waals surface area contributed by atoms with Gasteiger partial charge in [-0.3, -0.25) is 4.79 Å². The minimum absolute atomic E-state index is 0.0803. The Morgan fingerprint density at radius 3 is 2.80 bits per heavy atom. The van der Waals surface area contributed by atoms with Crippen LogP contribution in [-0.4, -0.2) is 17.1 Å². The molecule has 0 saturated carbocycles. The Hall–Kier alpha value is -2.06. The molecule has 5 nitrogen and oxygen atoms in total. The number of nitrogens with one attached hydrogen (secondary N) is 3. The van der Waals surface area contributed by atoms with Gasteiger partial charge in [0.1, 0.15) is 9.88 Å². The van der Waals surface area contributed by atoms with Gasteiger partial charge in [-0.05, 0) is 18.4 Å². The highest BCUT2D eigenvalue weighted by atomic mass is 32.1. The van der Waals surface area contributed by atoms with Gasteiger partial charge in [0.2, 0.25) is 0 Å². The number of carbonyl (C=O) groups is 1. The molecule has 0 radical (unpaired) electrons. The first-order chi connectivity index (χ1) is 12.2. The minimum Gasteiger partial charge on any atom is -0.335 e. The quantitative estimate of drug-likeness (QED) is 0.658. The van der Waals surface area contributed by atoms with Gasteiger partial charge in [0.25, 0.3) is 5.91 Å². The van der Waals surface area contributed by atoms with E-state index in [0.29, 0.717) is 4.88 Å². The number of hydrazine groups is 1. The van der Waals surface area contributed by atoms with E-state index in [2.05, 4.69) is 32.6 Å². The molecule has 0 aliphatic carbocycles. The van der Waals surface area contributed by atoms with Crippen LogP contribution in [0.15, 0.2) is 47.8 Å². The van der Waals surface area contributed by atoms with Crippen molar-refractivity contribution in [1.29, 1.82) is 0 Å². The van der Waals surface area contributed by atoms with E-state index in [4.69, 9.17) is 0 Å². The summed E-state index contributed by atoms with van der Waals surface area (Å²) in [5, 5.41) is 5.99. The van der Waals surface area contributed by atoms with Gasteiger partial charge in [-0.15, -0.1) is 22.7 Å². The van der Waals surface area contributed by atoms with Crippen molar-refractivity contribution in [3.8, 4) is 10.6 Å². The van der Waals surface area contributed by atoms with Crippen molar-refractivity contribution in [1.82, 2.24) is 21.2 Å². The van der Waals surface area contributed by atoms with E-state index in [0.717, 1.165) is 22.7 Å². The zero-order valence-electron chi connectivity index (χ0n) is 13.7. The van der Waals surface area contributed by atoms with E-state index in [1.807, 2.05) is 43.3 Å². The molecule has 1 aliphatic rings. The molecule has 128 valence electrons. The number of carbonyl (C=O) groups excluding carboxylic acids is 1. The Kier molecular flexibility index (Phi) is 4.63. The van der Waals surface area contributed by atoms with Crippen molar-refractivity contribution in [2.24, 2.45) is 0 Å². The van der Waals surface area contributed by atoms with Crippen molar-refractivity contribution in [2.75, 3.05) is 0 Å². The van der Waals surface area contributed by atoms with Gasteiger partial charge in [0.15, 0.2) is 0 Å². The molecule has 2 atom stereocenters. The fraction of sp³-hybridized carbons (Fsp3) is 0.222. The van der Waals surface area contributed by atoms with Gasteiger partial charge < -0.3 is 5.32 Å². The van der Waals surface area contributed by atoms with Crippen LogP contribution in [-0.2, 0) is 0 Å². The predicted octanol–water partition coefficient (Wildman–Crippen LogP) is 3.48. The third-order valence-corrected chi connectivity index (χ3v) is 6.31. The standard InChI is InChI=1S/C18H18N4OS2/c1-11-16(25-18(19-11)12-6-3-2-4-7-12)17(23)20-15-10-13(21-22-15)14-8-5-9-24-14/h2-9,13,15,21-22H,10H2,1H3,(H,20,23). The number of hydrogen-bond acceptors (Lipinski definition) is 6. The van der Waals surface area contributed by atoms with Gasteiger partial charge in [0, 0.05) is 16.9 Å². The van der Waals surface area contributed by atoms with Crippen molar-refractivity contribution in [2.45, 2.75) is 25.6 Å². The molecular formula is C18H18N4OS2. The molecule has 0 spiro atoms. The van der Waals surface area contributed by atoms with Crippen LogP contribution in [0.25, 0.3) is 10.6 Å². The minimum atomic E-state index is -0.0960. The number of aryl methyl sites for hydroxylation is 1. The summed E-state index contributed by atoms with van der Waals surface area (Å²) >= 11 is 3.15. The van der Waals surface area contributed by atoms with Crippen LogP contribution in [0.3, 0.4) is 0 Å². The molecule has 1 fully saturated rings. The van der Waals surface area contributed by atoms with E-state index < -0.39 is 0 Å². The maximum Gasteiger partial charge on any atom is 0.264 e. The molecule has 3 N–H and O–H groups in total. The fourth-order valence-corrected chi connectivity index (χ4v) is 4.63. The SMILES string of the molecule is Cc1nc(-c2ccccc2)sc1C(=O)NC1CC(c2cccs2)NN1. The van der Waals surface area contributed by atoms with Gasteiger partial charge in [-0.1, -0.05) is 36.4 Å². The largest absolute Gasteiger partial charge is 0.335 e. The number of thiazole rings is 1. The second kappa shape index (κ2) is 7.05. The number of nitrogens with zero attached hydrogens (tertiary/aromatic N) is 1. The average molecular weight is 371 g/mol. The van der Waals surface area contributed by atoms with Gasteiger partial charge in [0.05, 0.1) is 17.9 Å². The summed E-state index contributed by atoms with van der Waals surface area (Å²) in [6, 6.07) is 14.3. The number of benzene rings is 1. The van der Waals surface area contributed by atoms with E-state index in [1.165, 1.54) is 16.2 Å². The molecule has 1 aliphatic heterocycles. The molecule has 2 unspecified atom stereocenters. The van der Waals surface area contributed by atoms with Crippen molar-refractivity contribution >= 4 is 28.6 Å². The first kappa shape index (κ1) is 16.4. The Morgan fingerprint density at radius 2 is 2.04 bits per heavy atom. The molecule has 4 rings (SSSR count). The first-order valence-electron chi connectivity index (χ1n) is 8.09. The summed E-state index contributed by atoms with van der Waals surface area (Å²) in [5.41, 5.74) is 8.21. The molecule has 1 saturated heterocycles. The monoisotopic (exact) mass is 370 g/mol. The highest BCUT2D eigenvalue weighted by Crippen LogP contribution is 2.29. The van der Waals surface area contributed by atoms with Crippen molar-refractivity contribution in [3.05, 3.63) is 63.3 Å². The third-order valence-electron chi connectivity index (χ3n) is 4.12. The number of thiophene rings is 1. The molecule has 2 aromatic heterocycles. The highest BCUT2D eigenvalue weighted by Gasteiger charge is 2.28. The lowest BCUT2D eigenvalue weighted by atomic mass is 10.2. The first-order valence-corrected chi connectivity index (χ1v) is 9.78. The Bertz CT molecular complexity index is 861. The summed E-state index contributed by atoms with van der Waals surface area (Å²) in [4.78, 5) is 19.1. The molecule has 1 aromatic carbocycles. The molecule has 1 amide bonds. The summed E-state index contributed by atoms with van der Waals surface area (Å²) in [7, 11) is 0. The fourth-order valence-electron chi connectivity index (χ4n) is 2.86. The molecule has 0 bridgehead atoms. The van der Waals surface area contributed by atoms with E-state index in [-0.39, 0.29) is 18.1 Å². The van der Waals surface area contributed by atoms with Crippen molar-refractivity contribution in [3.63, 3.8) is 0 Å². The van der Waals surface area contributed by atoms with Crippen LogP contribution in [0.4, 0.5) is 0 Å². The summed E-state index contributed by atoms with van der Waals surface area (Å²) in [6.07, 6.45) is 0.719. The lowest BCUT2D eigenvalue weighted by Crippen LogP contribution is -2.44. The second-order valence-corrected chi connectivity index (χ2v) is 7.90. The van der Waals surface area contributed by atoms with E-state index >= 15 is 0 Å². The van der Waals surface area contributed by atoms with E-state index in [9.17, 15) is 4.79 Å². The van der Waals surface area contributed by atoms with Crippen LogP contribution in [0.2, 0.25) is 0 Å². The second-order valence-electron chi connectivity index (χ2n) is 5.92. The number of amides is 1. The van der Waals surface area contributed by atoms with Gasteiger partial charge in [-0.25, -0.2) is 15.8 Å². The van der Waals surface area contributed by atoms with Crippen LogP contribution in [0, 0.1) is 6.92 Å². The zero-order chi connectivity index (χ0) is 17.2.